The number of nitrogens with one attached hydrogen (secondary N) is 2. The van der Waals surface area contributed by atoms with E-state index in [0.717, 1.165) is 22.4 Å². The van der Waals surface area contributed by atoms with E-state index in [0.29, 0.717) is 30.1 Å². The monoisotopic (exact) mass is 370 g/mol. The van der Waals surface area contributed by atoms with E-state index >= 15 is 0 Å². The smallest absolute Gasteiger partial charge is 0.254 e. The molecule has 1 saturated heterocycles. The highest BCUT2D eigenvalue weighted by atomic mass is 16.2. The van der Waals surface area contributed by atoms with Crippen molar-refractivity contribution >= 4 is 16.9 Å². The number of nitrogens with zero attached hydrogens (tertiary/aromatic N) is 4. The van der Waals surface area contributed by atoms with Gasteiger partial charge in [0.05, 0.1) is 16.6 Å². The van der Waals surface area contributed by atoms with Gasteiger partial charge in [-0.1, -0.05) is 19.3 Å². The Bertz CT molecular complexity index is 860. The molecule has 4 rings (SSSR count). The summed E-state index contributed by atoms with van der Waals surface area (Å²) in [4.78, 5) is 19.7. The van der Waals surface area contributed by atoms with Crippen LogP contribution in [0.3, 0.4) is 0 Å². The highest BCUT2D eigenvalue weighted by Crippen LogP contribution is 2.30. The highest BCUT2D eigenvalue weighted by Gasteiger charge is 2.37. The van der Waals surface area contributed by atoms with Crippen molar-refractivity contribution in [3.05, 3.63) is 23.0 Å². The summed E-state index contributed by atoms with van der Waals surface area (Å²) >= 11 is 0. The number of amides is 1. The quantitative estimate of drug-likeness (QED) is 0.865. The Labute approximate surface area is 160 Å². The zero-order valence-electron chi connectivity index (χ0n) is 16.7. The standard InChI is InChI=1S/C20H30N6O/c1-12-10-15(18-13(2)24-26(4)19(18)21-12)20(27)25(3)11-17-14-8-6-5-7-9-16(14)22-23-17/h10,14,16-17,22-23H,5-9,11H2,1-4H3. The lowest BCUT2D eigenvalue weighted by molar-refractivity contribution is 0.0776. The number of aromatic nitrogens is 3. The Morgan fingerprint density at radius 1 is 1.26 bits per heavy atom. The van der Waals surface area contributed by atoms with Crippen LogP contribution < -0.4 is 10.9 Å². The SMILES string of the molecule is Cc1cc(C(=O)N(C)CC2NNC3CCCCCC32)c2c(C)nn(C)c2n1. The molecule has 3 unspecified atom stereocenters. The molecule has 1 saturated carbocycles. The number of rotatable bonds is 3. The fraction of sp³-hybridized carbons (Fsp3) is 0.650. The van der Waals surface area contributed by atoms with E-state index in [1.54, 1.807) is 4.68 Å². The van der Waals surface area contributed by atoms with Crippen LogP contribution in [-0.4, -0.2) is 51.2 Å². The number of pyridine rings is 1. The third-order valence-electron chi connectivity index (χ3n) is 6.18. The lowest BCUT2D eigenvalue weighted by Gasteiger charge is -2.26. The maximum Gasteiger partial charge on any atom is 0.254 e. The molecule has 2 fully saturated rings. The van der Waals surface area contributed by atoms with Gasteiger partial charge in [-0.25, -0.2) is 4.98 Å². The number of carbonyl (C=O) groups is 1. The van der Waals surface area contributed by atoms with Crippen LogP contribution in [-0.2, 0) is 7.05 Å². The predicted octanol–water partition coefficient (Wildman–Crippen LogP) is 2.08. The van der Waals surface area contributed by atoms with E-state index in [4.69, 9.17) is 0 Å². The van der Waals surface area contributed by atoms with Crippen molar-refractivity contribution in [2.24, 2.45) is 13.0 Å². The number of hydrazine groups is 1. The van der Waals surface area contributed by atoms with Crippen LogP contribution in [0.15, 0.2) is 6.07 Å². The molecular formula is C20H30N6O. The number of hydrogen-bond acceptors (Lipinski definition) is 5. The first kappa shape index (κ1) is 18.4. The largest absolute Gasteiger partial charge is 0.340 e. The average Bonchev–Trinajstić information content (AvgIpc) is 3.03. The van der Waals surface area contributed by atoms with Gasteiger partial charge in [-0.05, 0) is 38.7 Å². The van der Waals surface area contributed by atoms with Gasteiger partial charge in [0.15, 0.2) is 5.65 Å². The van der Waals surface area contributed by atoms with Crippen molar-refractivity contribution in [3.63, 3.8) is 0 Å². The Morgan fingerprint density at radius 2 is 2.04 bits per heavy atom. The minimum absolute atomic E-state index is 0.0421. The molecule has 1 aliphatic heterocycles. The third kappa shape index (κ3) is 3.34. The van der Waals surface area contributed by atoms with E-state index in [1.165, 1.54) is 32.1 Å². The van der Waals surface area contributed by atoms with Crippen LogP contribution in [0, 0.1) is 19.8 Å². The number of fused-ring (bicyclic) bond motifs is 2. The molecule has 1 aliphatic carbocycles. The lowest BCUT2D eigenvalue weighted by Crippen LogP contribution is -2.43. The number of hydrogen-bond donors (Lipinski definition) is 2. The maximum absolute atomic E-state index is 13.3. The summed E-state index contributed by atoms with van der Waals surface area (Å²) in [6.07, 6.45) is 6.37. The zero-order valence-corrected chi connectivity index (χ0v) is 16.7. The third-order valence-corrected chi connectivity index (χ3v) is 6.18. The fourth-order valence-electron chi connectivity index (χ4n) is 4.82. The van der Waals surface area contributed by atoms with E-state index in [-0.39, 0.29) is 5.91 Å². The summed E-state index contributed by atoms with van der Waals surface area (Å²) in [5.41, 5.74) is 10.1. The molecule has 7 heteroatoms. The Morgan fingerprint density at radius 3 is 2.85 bits per heavy atom. The molecule has 0 spiro atoms. The van der Waals surface area contributed by atoms with Crippen LogP contribution in [0.5, 0.6) is 0 Å². The van der Waals surface area contributed by atoms with Gasteiger partial charge in [0.25, 0.3) is 5.91 Å². The number of carbonyl (C=O) groups excluding carboxylic acids is 1. The first-order valence-corrected chi connectivity index (χ1v) is 10.0. The zero-order chi connectivity index (χ0) is 19.1. The summed E-state index contributed by atoms with van der Waals surface area (Å²) in [5.74, 6) is 0.641. The molecule has 0 aromatic carbocycles. The second-order valence-electron chi connectivity index (χ2n) is 8.21. The first-order chi connectivity index (χ1) is 13.0. The highest BCUT2D eigenvalue weighted by molar-refractivity contribution is 6.06. The molecule has 3 heterocycles. The summed E-state index contributed by atoms with van der Waals surface area (Å²) in [6.45, 7) is 4.57. The topological polar surface area (TPSA) is 75.1 Å². The lowest BCUT2D eigenvalue weighted by atomic mass is 9.90. The minimum Gasteiger partial charge on any atom is -0.340 e. The normalized spacial score (nSPS) is 25.4. The number of aryl methyl sites for hydroxylation is 3. The molecule has 1 amide bonds. The summed E-state index contributed by atoms with van der Waals surface area (Å²) in [7, 11) is 3.78. The Balaban J connectivity index is 1.57. The molecule has 146 valence electrons. The van der Waals surface area contributed by atoms with Gasteiger partial charge in [0.2, 0.25) is 0 Å². The van der Waals surface area contributed by atoms with Gasteiger partial charge in [-0.15, -0.1) is 0 Å². The van der Waals surface area contributed by atoms with Crippen LogP contribution in [0.1, 0.15) is 53.8 Å². The molecule has 0 radical (unpaired) electrons. The molecule has 2 N–H and O–H groups in total. The van der Waals surface area contributed by atoms with Crippen molar-refractivity contribution in [1.29, 1.82) is 0 Å². The molecule has 3 atom stereocenters. The van der Waals surface area contributed by atoms with Gasteiger partial charge in [-0.3, -0.25) is 20.3 Å². The second kappa shape index (κ2) is 7.20. The summed E-state index contributed by atoms with van der Waals surface area (Å²) < 4.78 is 1.76. The molecule has 0 bridgehead atoms. The van der Waals surface area contributed by atoms with Gasteiger partial charge < -0.3 is 4.90 Å². The van der Waals surface area contributed by atoms with Crippen molar-refractivity contribution in [1.82, 2.24) is 30.5 Å². The second-order valence-corrected chi connectivity index (χ2v) is 8.21. The van der Waals surface area contributed by atoms with Crippen molar-refractivity contribution < 1.29 is 4.79 Å². The Kier molecular flexibility index (Phi) is 4.90. The predicted molar refractivity (Wildman–Crippen MR) is 105 cm³/mol. The van der Waals surface area contributed by atoms with Gasteiger partial charge in [0, 0.05) is 38.4 Å². The number of likely N-dealkylation sites (N-methyl/N-ethyl adjacent to an activating group) is 1. The molecule has 7 nitrogen and oxygen atoms in total. The average molecular weight is 371 g/mol. The van der Waals surface area contributed by atoms with Crippen LogP contribution >= 0.6 is 0 Å². The van der Waals surface area contributed by atoms with Crippen LogP contribution in [0.2, 0.25) is 0 Å². The molecule has 27 heavy (non-hydrogen) atoms. The van der Waals surface area contributed by atoms with E-state index in [1.807, 2.05) is 38.9 Å². The maximum atomic E-state index is 13.3. The molecule has 2 aromatic rings. The van der Waals surface area contributed by atoms with Crippen LogP contribution in [0.25, 0.3) is 11.0 Å². The van der Waals surface area contributed by atoms with Gasteiger partial charge in [0.1, 0.15) is 0 Å². The summed E-state index contributed by atoms with van der Waals surface area (Å²) in [6, 6.07) is 2.73. The summed E-state index contributed by atoms with van der Waals surface area (Å²) in [5, 5.41) is 5.33. The van der Waals surface area contributed by atoms with Crippen LogP contribution in [0.4, 0.5) is 0 Å². The van der Waals surface area contributed by atoms with Gasteiger partial charge >= 0.3 is 0 Å². The van der Waals surface area contributed by atoms with Crippen molar-refractivity contribution in [2.45, 2.75) is 58.0 Å². The fourth-order valence-corrected chi connectivity index (χ4v) is 4.82. The van der Waals surface area contributed by atoms with E-state index in [9.17, 15) is 4.79 Å². The van der Waals surface area contributed by atoms with E-state index in [2.05, 4.69) is 20.9 Å². The first-order valence-electron chi connectivity index (χ1n) is 10.0. The molecule has 2 aliphatic rings. The van der Waals surface area contributed by atoms with Crippen molar-refractivity contribution in [3.8, 4) is 0 Å². The van der Waals surface area contributed by atoms with Crippen molar-refractivity contribution in [2.75, 3.05) is 13.6 Å². The Hall–Kier alpha value is -1.99. The molecule has 2 aromatic heterocycles. The van der Waals surface area contributed by atoms with Gasteiger partial charge in [-0.2, -0.15) is 5.10 Å². The van der Waals surface area contributed by atoms with E-state index < -0.39 is 0 Å². The molecular weight excluding hydrogens is 340 g/mol. The minimum atomic E-state index is 0.0421.